The van der Waals surface area contributed by atoms with Gasteiger partial charge in [-0.25, -0.2) is 14.4 Å². The largest absolute Gasteiger partial charge is 0.462 e. The van der Waals surface area contributed by atoms with Gasteiger partial charge in [-0.3, -0.25) is 19.2 Å². The lowest BCUT2D eigenvalue weighted by molar-refractivity contribution is -0.225. The molecule has 0 heterocycles. The molecule has 4 rings (SSSR count). The van der Waals surface area contributed by atoms with E-state index in [1.165, 1.54) is 5.57 Å². The highest BCUT2D eigenvalue weighted by Crippen LogP contribution is 2.69. The van der Waals surface area contributed by atoms with Gasteiger partial charge >= 0.3 is 42.2 Å². The fourth-order valence-corrected chi connectivity index (χ4v) is 12.5. The van der Waals surface area contributed by atoms with Gasteiger partial charge in [0.25, 0.3) is 0 Å². The van der Waals surface area contributed by atoms with E-state index in [4.69, 9.17) is 33.2 Å². The summed E-state index contributed by atoms with van der Waals surface area (Å²) in [5, 5.41) is 7.98. The summed E-state index contributed by atoms with van der Waals surface area (Å²) in [6, 6.07) is 0. The van der Waals surface area contributed by atoms with Gasteiger partial charge < -0.3 is 49.1 Å². The number of hydrogen-bond acceptors (Lipinski definition) is 14. The van der Waals surface area contributed by atoms with Crippen LogP contribution in [0.3, 0.4) is 0 Å². The van der Waals surface area contributed by atoms with Gasteiger partial charge in [0.1, 0.15) is 41.7 Å². The number of alkyl carbamates (subject to hydrolysis) is 3. The predicted molar refractivity (Wildman–Crippen MR) is 284 cm³/mol. The quantitative estimate of drug-likeness (QED) is 0.0553. The highest BCUT2D eigenvalue weighted by Gasteiger charge is 2.68. The Labute approximate surface area is 448 Å². The highest BCUT2D eigenvalue weighted by atomic mass is 16.6. The van der Waals surface area contributed by atoms with Gasteiger partial charge in [0.15, 0.2) is 0 Å². The summed E-state index contributed by atoms with van der Waals surface area (Å²) >= 11 is 0. The number of esters is 4. The van der Waals surface area contributed by atoms with E-state index in [0.717, 1.165) is 31.3 Å². The van der Waals surface area contributed by atoms with Crippen LogP contribution in [0.1, 0.15) is 194 Å². The smallest absolute Gasteiger partial charge is 0.407 e. The maximum atomic E-state index is 14.0. The first-order valence-electron chi connectivity index (χ1n) is 27.7. The molecule has 4 aliphatic rings. The monoisotopic (exact) mass is 1060 g/mol. The molecular formula is C58H95N3O14. The Morgan fingerprint density at radius 2 is 1.12 bits per heavy atom. The van der Waals surface area contributed by atoms with Crippen molar-refractivity contribution in [2.24, 2.45) is 46.3 Å². The normalized spacial score (nSPS) is 27.9. The minimum absolute atomic E-state index is 0.0205. The zero-order valence-corrected chi connectivity index (χ0v) is 48.3. The van der Waals surface area contributed by atoms with E-state index in [0.29, 0.717) is 38.5 Å². The topological polar surface area (TPSA) is 220 Å². The van der Waals surface area contributed by atoms with Crippen LogP contribution in [0.25, 0.3) is 0 Å². The van der Waals surface area contributed by atoms with Crippen LogP contribution >= 0.6 is 0 Å². The lowest BCUT2D eigenvalue weighted by atomic mass is 9.43. The van der Waals surface area contributed by atoms with Gasteiger partial charge in [0.2, 0.25) is 0 Å². The second kappa shape index (κ2) is 27.0. The van der Waals surface area contributed by atoms with Crippen molar-refractivity contribution in [2.75, 3.05) is 26.2 Å². The average Bonchev–Trinajstić information content (AvgIpc) is 3.62. The van der Waals surface area contributed by atoms with Crippen molar-refractivity contribution in [1.82, 2.24) is 16.0 Å². The van der Waals surface area contributed by atoms with E-state index < -0.39 is 76.7 Å². The molecule has 0 bridgehead atoms. The molecule has 17 nitrogen and oxygen atoms in total. The second-order valence-electron chi connectivity index (χ2n) is 25.5. The molecule has 11 atom stereocenters. The molecule has 4 saturated carbocycles. The molecule has 17 heteroatoms. The van der Waals surface area contributed by atoms with Gasteiger partial charge in [0, 0.05) is 37.4 Å². The zero-order chi connectivity index (χ0) is 56.1. The number of ether oxygens (including phenoxy) is 7. The Balaban J connectivity index is 1.61. The summed E-state index contributed by atoms with van der Waals surface area (Å²) < 4.78 is 41.1. The van der Waals surface area contributed by atoms with Gasteiger partial charge in [-0.05, 0) is 188 Å². The zero-order valence-electron chi connectivity index (χ0n) is 48.3. The van der Waals surface area contributed by atoms with Crippen LogP contribution in [0.15, 0.2) is 23.3 Å². The minimum atomic E-state index is -0.712. The molecular weight excluding hydrogens is 963 g/mol. The van der Waals surface area contributed by atoms with E-state index >= 15 is 0 Å². The second-order valence-corrected chi connectivity index (χ2v) is 25.5. The van der Waals surface area contributed by atoms with Gasteiger partial charge in [-0.15, -0.1) is 0 Å². The molecule has 0 aromatic rings. The van der Waals surface area contributed by atoms with E-state index in [1.807, 2.05) is 13.0 Å². The standard InChI is InChI=1S/C58H95N3O14/c1-36(2)17-16-18-37(3)27-32-69-46(62)22-19-38(4)41-20-21-42-50-43(35-45(58(41,42)15)72-49(65)26-31-61-53(68)75-56(11,12)13)57(14)28-23-40(70-47(63)24-29-59-51(66)73-54(5,6)7)33-39(57)34-44(50)71-48(64)25-30-60-52(67)74-55(8,9)10/h17,27,38-45,50H,16,18-26,28-35H2,1-15H3,(H,59,66)(H,60,67)(H,61,68)/b37-27+/t38?,39?,40-,41?,42+,43+,44-,45+,50?,57+,58-/m1/s1. The van der Waals surface area contributed by atoms with Gasteiger partial charge in [-0.1, -0.05) is 38.0 Å². The van der Waals surface area contributed by atoms with Crippen LogP contribution in [-0.4, -0.2) is 104 Å². The number of hydrogen-bond donors (Lipinski definition) is 3. The Morgan fingerprint density at radius 3 is 1.64 bits per heavy atom. The predicted octanol–water partition coefficient (Wildman–Crippen LogP) is 11.0. The maximum Gasteiger partial charge on any atom is 0.407 e. The average molecular weight is 1060 g/mol. The van der Waals surface area contributed by atoms with Crippen molar-refractivity contribution < 1.29 is 66.7 Å². The number of amides is 3. The first kappa shape index (κ1) is 62.7. The van der Waals surface area contributed by atoms with Crippen molar-refractivity contribution >= 4 is 42.2 Å². The Kier molecular flexibility index (Phi) is 22.6. The number of carbonyl (C=O) groups excluding carboxylic acids is 7. The molecule has 0 saturated heterocycles. The third kappa shape index (κ3) is 19.6. The first-order valence-corrected chi connectivity index (χ1v) is 27.7. The summed E-state index contributed by atoms with van der Waals surface area (Å²) in [6.07, 6.45) is 7.73. The van der Waals surface area contributed by atoms with Crippen molar-refractivity contribution in [3.63, 3.8) is 0 Å². The molecule has 0 aromatic heterocycles. The summed E-state index contributed by atoms with van der Waals surface area (Å²) in [7, 11) is 0. The first-order chi connectivity index (χ1) is 34.8. The molecule has 0 aliphatic heterocycles. The van der Waals surface area contributed by atoms with E-state index in [9.17, 15) is 33.6 Å². The SMILES string of the molecule is CC(C)=CCC/C(C)=C/COC(=O)CCC(C)C1CC[C@H]2C3[C@H](OC(=O)CCNC(=O)OC(C)(C)C)CC4C[C@H](OC(=O)CCNC(=O)OC(C)(C)C)CC[C@]4(C)[C@H]3C[C@H](OC(=O)CCNC(=O)OC(C)(C)C)[C@]12C. The van der Waals surface area contributed by atoms with Crippen molar-refractivity contribution in [2.45, 2.75) is 229 Å². The minimum Gasteiger partial charge on any atom is -0.462 e. The number of nitrogens with one attached hydrogen (secondary N) is 3. The summed E-state index contributed by atoms with van der Waals surface area (Å²) in [5.41, 5.74) is -0.574. The van der Waals surface area contributed by atoms with E-state index in [-0.39, 0.29) is 98.8 Å². The summed E-state index contributed by atoms with van der Waals surface area (Å²) in [4.78, 5) is 91.7. The molecule has 4 aliphatic carbocycles. The Bertz CT molecular complexity index is 2040. The van der Waals surface area contributed by atoms with Crippen molar-refractivity contribution in [3.05, 3.63) is 23.3 Å². The number of rotatable bonds is 21. The van der Waals surface area contributed by atoms with E-state index in [1.54, 1.807) is 62.3 Å². The Morgan fingerprint density at radius 1 is 0.600 bits per heavy atom. The van der Waals surface area contributed by atoms with Crippen LogP contribution in [0.5, 0.6) is 0 Å². The number of fused-ring (bicyclic) bond motifs is 5. The lowest BCUT2D eigenvalue weighted by Crippen LogP contribution is -2.63. The molecule has 3 N–H and O–H groups in total. The highest BCUT2D eigenvalue weighted by molar-refractivity contribution is 5.74. The van der Waals surface area contributed by atoms with Crippen LogP contribution in [-0.2, 0) is 52.3 Å². The number of allylic oxidation sites excluding steroid dienone is 3. The molecule has 0 radical (unpaired) electrons. The van der Waals surface area contributed by atoms with Crippen molar-refractivity contribution in [3.8, 4) is 0 Å². The molecule has 3 amide bonds. The van der Waals surface area contributed by atoms with Crippen LogP contribution in [0.2, 0.25) is 0 Å². The van der Waals surface area contributed by atoms with Gasteiger partial charge in [-0.2, -0.15) is 0 Å². The Hall–Kier alpha value is -4.83. The third-order valence-electron chi connectivity index (χ3n) is 15.9. The summed E-state index contributed by atoms with van der Waals surface area (Å²) in [5.74, 6) is -1.81. The van der Waals surface area contributed by atoms with Crippen LogP contribution in [0.4, 0.5) is 14.4 Å². The summed E-state index contributed by atoms with van der Waals surface area (Å²) in [6.45, 7) is 29.1. The molecule has 426 valence electrons. The number of carbonyl (C=O) groups is 7. The van der Waals surface area contributed by atoms with E-state index in [2.05, 4.69) is 56.6 Å². The fourth-order valence-electron chi connectivity index (χ4n) is 12.5. The maximum absolute atomic E-state index is 14.0. The molecule has 0 spiro atoms. The molecule has 4 unspecified atom stereocenters. The van der Waals surface area contributed by atoms with Crippen molar-refractivity contribution in [1.29, 1.82) is 0 Å². The fraction of sp³-hybridized carbons (Fsp3) is 0.810. The molecule has 4 fully saturated rings. The van der Waals surface area contributed by atoms with Gasteiger partial charge in [0.05, 0.1) is 19.3 Å². The molecule has 0 aromatic carbocycles. The van der Waals surface area contributed by atoms with Crippen LogP contribution in [0, 0.1) is 46.3 Å². The third-order valence-corrected chi connectivity index (χ3v) is 15.9. The van der Waals surface area contributed by atoms with Crippen LogP contribution < -0.4 is 16.0 Å². The molecule has 75 heavy (non-hydrogen) atoms. The lowest BCUT2D eigenvalue weighted by Gasteiger charge is -2.64.